The van der Waals surface area contributed by atoms with Crippen LogP contribution in [0.15, 0.2) is 0 Å². The largest absolute Gasteiger partial charge is 0.313 e. The lowest BCUT2D eigenvalue weighted by atomic mass is 9.98. The Morgan fingerprint density at radius 2 is 2.25 bits per heavy atom. The van der Waals surface area contributed by atoms with Gasteiger partial charge < -0.3 is 10.2 Å². The molecule has 0 spiro atoms. The summed E-state index contributed by atoms with van der Waals surface area (Å²) in [7, 11) is -0.609. The average molecular weight is 244 g/mol. The van der Waals surface area contributed by atoms with E-state index in [4.69, 9.17) is 0 Å². The highest BCUT2D eigenvalue weighted by Gasteiger charge is 2.31. The minimum atomic E-state index is -0.609. The third-order valence-corrected chi connectivity index (χ3v) is 5.21. The lowest BCUT2D eigenvalue weighted by Gasteiger charge is -2.35. The van der Waals surface area contributed by atoms with Gasteiger partial charge in [0.25, 0.3) is 0 Å². The van der Waals surface area contributed by atoms with Crippen LogP contribution in [-0.2, 0) is 10.8 Å². The first-order valence-corrected chi connectivity index (χ1v) is 8.11. The maximum absolute atomic E-state index is 11.3. The molecule has 2 saturated heterocycles. The summed E-state index contributed by atoms with van der Waals surface area (Å²) in [6.45, 7) is 5.50. The van der Waals surface area contributed by atoms with Gasteiger partial charge in [-0.2, -0.15) is 0 Å². The summed E-state index contributed by atoms with van der Waals surface area (Å²) >= 11 is 0. The van der Waals surface area contributed by atoms with E-state index in [-0.39, 0.29) is 0 Å². The van der Waals surface area contributed by atoms with Crippen molar-refractivity contribution in [2.24, 2.45) is 0 Å². The zero-order valence-corrected chi connectivity index (χ0v) is 11.1. The van der Waals surface area contributed by atoms with Crippen molar-refractivity contribution in [3.8, 4) is 0 Å². The molecule has 3 atom stereocenters. The van der Waals surface area contributed by atoms with Crippen molar-refractivity contribution in [2.75, 3.05) is 31.1 Å². The molecule has 3 unspecified atom stereocenters. The quantitative estimate of drug-likeness (QED) is 0.782. The third-order valence-electron chi connectivity index (χ3n) is 3.91. The normalized spacial score (nSPS) is 32.6. The summed E-state index contributed by atoms with van der Waals surface area (Å²) in [5.41, 5.74) is 0. The van der Waals surface area contributed by atoms with Gasteiger partial charge in [0.1, 0.15) is 0 Å². The summed E-state index contributed by atoms with van der Waals surface area (Å²) < 4.78 is 11.3. The van der Waals surface area contributed by atoms with Crippen molar-refractivity contribution in [1.29, 1.82) is 0 Å². The van der Waals surface area contributed by atoms with Crippen LogP contribution < -0.4 is 5.32 Å². The molecule has 0 aliphatic carbocycles. The summed E-state index contributed by atoms with van der Waals surface area (Å²) in [4.78, 5) is 2.64. The van der Waals surface area contributed by atoms with Gasteiger partial charge in [0.15, 0.2) is 0 Å². The van der Waals surface area contributed by atoms with E-state index in [1.54, 1.807) is 0 Å². The van der Waals surface area contributed by atoms with Crippen LogP contribution in [0, 0.1) is 0 Å². The first-order chi connectivity index (χ1) is 7.79. The van der Waals surface area contributed by atoms with Crippen molar-refractivity contribution >= 4 is 10.8 Å². The van der Waals surface area contributed by atoms with Gasteiger partial charge in [-0.25, -0.2) is 0 Å². The topological polar surface area (TPSA) is 32.3 Å². The van der Waals surface area contributed by atoms with E-state index in [1.807, 2.05) is 6.92 Å². The van der Waals surface area contributed by atoms with Gasteiger partial charge in [-0.15, -0.1) is 0 Å². The first-order valence-electron chi connectivity index (χ1n) is 6.62. The van der Waals surface area contributed by atoms with Gasteiger partial charge in [0.05, 0.1) is 0 Å². The summed E-state index contributed by atoms with van der Waals surface area (Å²) in [6, 6.07) is 1.51. The van der Waals surface area contributed by atoms with Crippen molar-refractivity contribution in [3.63, 3.8) is 0 Å². The smallest absolute Gasteiger partial charge is 0.0360 e. The van der Waals surface area contributed by atoms with E-state index >= 15 is 0 Å². The second-order valence-electron chi connectivity index (χ2n) is 4.94. The van der Waals surface area contributed by atoms with Gasteiger partial charge in [0, 0.05) is 40.9 Å². The number of piperidine rings is 1. The fourth-order valence-electron chi connectivity index (χ4n) is 2.93. The highest BCUT2D eigenvalue weighted by Crippen LogP contribution is 2.26. The fourth-order valence-corrected chi connectivity index (χ4v) is 3.57. The fraction of sp³-hybridized carbons (Fsp3) is 1.00. The van der Waals surface area contributed by atoms with Crippen LogP contribution >= 0.6 is 0 Å². The second kappa shape index (κ2) is 6.12. The Balaban J connectivity index is 1.65. The molecule has 2 aliphatic rings. The molecular formula is C12H24N2OS. The molecular weight excluding hydrogens is 220 g/mol. The first kappa shape index (κ1) is 12.5. The number of hydrogen-bond donors (Lipinski definition) is 1. The second-order valence-corrected chi connectivity index (χ2v) is 6.81. The van der Waals surface area contributed by atoms with Crippen LogP contribution in [0.1, 0.15) is 32.6 Å². The Bertz CT molecular complexity index is 247. The molecule has 2 rings (SSSR count). The van der Waals surface area contributed by atoms with Crippen LogP contribution in [0.25, 0.3) is 0 Å². The zero-order chi connectivity index (χ0) is 11.4. The molecule has 0 saturated carbocycles. The van der Waals surface area contributed by atoms with E-state index in [0.29, 0.717) is 6.04 Å². The lowest BCUT2D eigenvalue weighted by Crippen LogP contribution is -2.46. The van der Waals surface area contributed by atoms with Crippen LogP contribution in [0.2, 0.25) is 0 Å². The maximum atomic E-state index is 11.3. The molecule has 2 fully saturated rings. The molecule has 1 N–H and O–H groups in total. The Labute approximate surface area is 101 Å². The molecule has 94 valence electrons. The predicted octanol–water partition coefficient (Wildman–Crippen LogP) is 0.971. The van der Waals surface area contributed by atoms with Gasteiger partial charge in [-0.1, -0.05) is 6.92 Å². The average Bonchev–Trinajstić information content (AvgIpc) is 2.76. The van der Waals surface area contributed by atoms with Gasteiger partial charge in [-0.05, 0) is 38.8 Å². The van der Waals surface area contributed by atoms with E-state index in [9.17, 15) is 4.21 Å². The lowest BCUT2D eigenvalue weighted by molar-refractivity contribution is 0.168. The molecule has 0 aromatic rings. The number of fused-ring (bicyclic) bond motifs is 1. The monoisotopic (exact) mass is 244 g/mol. The third kappa shape index (κ3) is 3.28. The van der Waals surface area contributed by atoms with Crippen molar-refractivity contribution < 1.29 is 4.21 Å². The van der Waals surface area contributed by atoms with E-state index in [0.717, 1.165) is 24.1 Å². The number of nitrogens with zero attached hydrogens (tertiary/aromatic N) is 1. The Morgan fingerprint density at radius 3 is 3.06 bits per heavy atom. The van der Waals surface area contributed by atoms with E-state index < -0.39 is 10.8 Å². The molecule has 3 nitrogen and oxygen atoms in total. The highest BCUT2D eigenvalue weighted by molar-refractivity contribution is 7.84. The van der Waals surface area contributed by atoms with Gasteiger partial charge in [0.2, 0.25) is 0 Å². The molecule has 0 radical (unpaired) electrons. The Morgan fingerprint density at radius 1 is 1.38 bits per heavy atom. The standard InChI is InChI=1S/C12H24N2OS/c1-2-16(15)9-6-13-11-5-8-14-7-3-4-12(14)10-11/h11-13H,2-10H2,1H3. The summed E-state index contributed by atoms with van der Waals surface area (Å²) in [5, 5.41) is 3.58. The zero-order valence-electron chi connectivity index (χ0n) is 10.3. The predicted molar refractivity (Wildman–Crippen MR) is 69.2 cm³/mol. The Hall–Kier alpha value is 0.0700. The number of rotatable bonds is 5. The molecule has 0 amide bonds. The summed E-state index contributed by atoms with van der Waals surface area (Å²) in [5.74, 6) is 1.62. The van der Waals surface area contributed by atoms with Gasteiger partial charge >= 0.3 is 0 Å². The molecule has 0 aromatic carbocycles. The SMILES string of the molecule is CCS(=O)CCNC1CCN2CCCC2C1. The molecule has 0 aromatic heterocycles. The van der Waals surface area contributed by atoms with Crippen molar-refractivity contribution in [2.45, 2.75) is 44.7 Å². The van der Waals surface area contributed by atoms with Crippen LogP contribution in [-0.4, -0.2) is 52.3 Å². The van der Waals surface area contributed by atoms with Crippen molar-refractivity contribution in [3.05, 3.63) is 0 Å². The number of hydrogen-bond acceptors (Lipinski definition) is 3. The number of nitrogens with one attached hydrogen (secondary N) is 1. The van der Waals surface area contributed by atoms with Gasteiger partial charge in [-0.3, -0.25) is 4.21 Å². The van der Waals surface area contributed by atoms with Crippen LogP contribution in [0.5, 0.6) is 0 Å². The molecule has 16 heavy (non-hydrogen) atoms. The highest BCUT2D eigenvalue weighted by atomic mass is 32.2. The minimum absolute atomic E-state index is 0.609. The molecule has 2 aliphatic heterocycles. The molecule has 2 heterocycles. The maximum Gasteiger partial charge on any atom is 0.0360 e. The van der Waals surface area contributed by atoms with Crippen molar-refractivity contribution in [1.82, 2.24) is 10.2 Å². The van der Waals surface area contributed by atoms with E-state index in [2.05, 4.69) is 10.2 Å². The van der Waals surface area contributed by atoms with Crippen LogP contribution in [0.4, 0.5) is 0 Å². The summed E-state index contributed by atoms with van der Waals surface area (Å²) in [6.07, 6.45) is 5.35. The van der Waals surface area contributed by atoms with Crippen LogP contribution in [0.3, 0.4) is 0 Å². The minimum Gasteiger partial charge on any atom is -0.313 e. The molecule has 0 bridgehead atoms. The molecule has 4 heteroatoms. The van der Waals surface area contributed by atoms with E-state index in [1.165, 1.54) is 38.8 Å². The Kier molecular flexibility index (Phi) is 4.79.